The van der Waals surface area contributed by atoms with Gasteiger partial charge in [0.05, 0.1) is 0 Å². The molecular formula is C105H80N6. The van der Waals surface area contributed by atoms with E-state index in [2.05, 4.69) is 481 Å². The topological polar surface area (TPSA) is 19.4 Å². The van der Waals surface area contributed by atoms with Crippen molar-refractivity contribution in [2.75, 3.05) is 50.5 Å². The Bertz CT molecular complexity index is 6440. The maximum absolute atomic E-state index is 2.31. The van der Waals surface area contributed by atoms with Crippen LogP contribution in [0, 0.1) is 0 Å². The van der Waals surface area contributed by atoms with E-state index in [1.165, 1.54) is 103 Å². The molecule has 0 spiro atoms. The number of rotatable bonds is 15. The van der Waals surface area contributed by atoms with Crippen LogP contribution in [0.4, 0.5) is 85.3 Å². The van der Waals surface area contributed by atoms with Crippen LogP contribution in [0.15, 0.2) is 431 Å². The van der Waals surface area contributed by atoms with E-state index in [1.807, 2.05) is 0 Å². The molecule has 111 heavy (non-hydrogen) atoms. The number of fused-ring (bicyclic) bond motifs is 7. The average Bonchev–Trinajstić information content (AvgIpc) is 0.716. The third-order valence-corrected chi connectivity index (χ3v) is 21.6. The van der Waals surface area contributed by atoms with Crippen LogP contribution in [0.2, 0.25) is 0 Å². The molecule has 20 rings (SSSR count). The van der Waals surface area contributed by atoms with Crippen LogP contribution in [0.1, 0.15) is 0 Å². The smallest absolute Gasteiger partial charge is 0.0494 e. The number of hydrogen-bond donors (Lipinski definition) is 0. The predicted octanol–water partition coefficient (Wildman–Crippen LogP) is 29.4. The Morgan fingerprint density at radius 1 is 0.135 bits per heavy atom. The van der Waals surface area contributed by atoms with Crippen molar-refractivity contribution in [2.24, 2.45) is 0 Å². The highest BCUT2D eigenvalue weighted by molar-refractivity contribution is 6.34. The highest BCUT2D eigenvalue weighted by Crippen LogP contribution is 2.46. The minimum absolute atomic E-state index is 1.13. The van der Waals surface area contributed by atoms with Gasteiger partial charge in [0.2, 0.25) is 0 Å². The van der Waals surface area contributed by atoms with Gasteiger partial charge in [-0.2, -0.15) is 0 Å². The second-order valence-electron chi connectivity index (χ2n) is 28.2. The van der Waals surface area contributed by atoms with Crippen LogP contribution < -0.4 is 29.4 Å². The molecule has 0 aromatic heterocycles. The van der Waals surface area contributed by atoms with Crippen molar-refractivity contribution in [3.63, 3.8) is 0 Å². The molecule has 0 fully saturated rings. The van der Waals surface area contributed by atoms with Crippen LogP contribution in [0.3, 0.4) is 0 Å². The van der Waals surface area contributed by atoms with E-state index in [0.717, 1.165) is 68.2 Å². The van der Waals surface area contributed by atoms with E-state index in [9.17, 15) is 0 Å². The lowest BCUT2D eigenvalue weighted by atomic mass is 9.89. The first-order chi connectivity index (χ1) is 54.8. The summed E-state index contributed by atoms with van der Waals surface area (Å²) in [4.78, 5) is 13.7. The minimum Gasteiger partial charge on any atom is -0.345 e. The summed E-state index contributed by atoms with van der Waals surface area (Å²) in [6.45, 7) is 0. The molecule has 0 amide bonds. The zero-order chi connectivity index (χ0) is 74.6. The van der Waals surface area contributed by atoms with Crippen LogP contribution >= 0.6 is 0 Å². The lowest BCUT2D eigenvalue weighted by Crippen LogP contribution is -2.12. The molecule has 20 aromatic rings. The SMILES string of the molecule is CN(c1ccc(N(c2ccccc2)c2ccccc2)cc1)c1cc2ccccc2c2ccccc12.CN(c1ccc(N(c2ccccc2)c2ccccc2)cc1)c1ccc2c3cccc4cccc(c5cccc1c52)c43.CN(c1ccc(N(c2ccccc2)c2ccccc2)cc1)c1ccc2cc3ccccc3cc2c1. The summed E-state index contributed by atoms with van der Waals surface area (Å²) in [6.07, 6.45) is 0. The Kier molecular flexibility index (Phi) is 18.7. The van der Waals surface area contributed by atoms with E-state index in [-0.39, 0.29) is 0 Å². The highest BCUT2D eigenvalue weighted by atomic mass is 15.2. The quantitative estimate of drug-likeness (QED) is 0.0747. The Morgan fingerprint density at radius 3 is 0.874 bits per heavy atom. The van der Waals surface area contributed by atoms with Gasteiger partial charge in [0.15, 0.2) is 0 Å². The van der Waals surface area contributed by atoms with Gasteiger partial charge < -0.3 is 29.4 Å². The highest BCUT2D eigenvalue weighted by Gasteiger charge is 2.21. The van der Waals surface area contributed by atoms with Gasteiger partial charge in [-0.25, -0.2) is 0 Å². The summed E-state index contributed by atoms with van der Waals surface area (Å²) in [6, 6.07) is 154. The van der Waals surface area contributed by atoms with Gasteiger partial charge in [-0.3, -0.25) is 0 Å². The fourth-order valence-electron chi connectivity index (χ4n) is 16.1. The second-order valence-corrected chi connectivity index (χ2v) is 28.2. The number of nitrogens with zero attached hydrogens (tertiary/aromatic N) is 6. The molecular weight excluding hydrogens is 1350 g/mol. The molecule has 530 valence electrons. The van der Waals surface area contributed by atoms with Gasteiger partial charge in [0.1, 0.15) is 0 Å². The number of anilines is 15. The molecule has 0 saturated carbocycles. The summed E-state index contributed by atoms with van der Waals surface area (Å²) in [5, 5.41) is 20.7. The van der Waals surface area contributed by atoms with Crippen LogP contribution in [-0.2, 0) is 0 Å². The fourth-order valence-corrected chi connectivity index (χ4v) is 16.1. The van der Waals surface area contributed by atoms with E-state index in [0.29, 0.717) is 0 Å². The third-order valence-electron chi connectivity index (χ3n) is 21.6. The van der Waals surface area contributed by atoms with Crippen molar-refractivity contribution >= 4 is 171 Å². The molecule has 0 atom stereocenters. The molecule has 20 aromatic carbocycles. The first-order valence-corrected chi connectivity index (χ1v) is 38.0. The Hall–Kier alpha value is -14.5. The van der Waals surface area contributed by atoms with Gasteiger partial charge in [0.25, 0.3) is 0 Å². The molecule has 0 unspecified atom stereocenters. The van der Waals surface area contributed by atoms with Crippen LogP contribution in [0.5, 0.6) is 0 Å². The van der Waals surface area contributed by atoms with Crippen molar-refractivity contribution in [2.45, 2.75) is 0 Å². The Balaban J connectivity index is 0.000000117. The van der Waals surface area contributed by atoms with E-state index >= 15 is 0 Å². The first kappa shape index (κ1) is 68.4. The number of benzene rings is 20. The molecule has 0 aliphatic heterocycles. The molecule has 6 nitrogen and oxygen atoms in total. The van der Waals surface area contributed by atoms with Crippen molar-refractivity contribution in [3.8, 4) is 0 Å². The molecule has 0 saturated heterocycles. The minimum atomic E-state index is 1.13. The Morgan fingerprint density at radius 2 is 0.423 bits per heavy atom. The first-order valence-electron chi connectivity index (χ1n) is 38.0. The molecule has 0 bridgehead atoms. The van der Waals surface area contributed by atoms with Crippen molar-refractivity contribution in [1.82, 2.24) is 0 Å². The summed E-state index contributed by atoms with van der Waals surface area (Å²) in [5.41, 5.74) is 17.2. The lowest BCUT2D eigenvalue weighted by molar-refractivity contribution is 1.21. The van der Waals surface area contributed by atoms with E-state index in [1.54, 1.807) is 0 Å². The zero-order valence-electron chi connectivity index (χ0n) is 62.2. The van der Waals surface area contributed by atoms with Crippen LogP contribution in [-0.4, -0.2) is 21.1 Å². The van der Waals surface area contributed by atoms with Crippen LogP contribution in [0.25, 0.3) is 86.2 Å². The summed E-state index contributed by atoms with van der Waals surface area (Å²) < 4.78 is 0. The number of para-hydroxylation sites is 6. The van der Waals surface area contributed by atoms with Crippen molar-refractivity contribution in [1.29, 1.82) is 0 Å². The molecule has 6 heteroatoms. The van der Waals surface area contributed by atoms with Crippen molar-refractivity contribution in [3.05, 3.63) is 431 Å². The summed E-state index contributed by atoms with van der Waals surface area (Å²) in [5.74, 6) is 0. The molecule has 0 N–H and O–H groups in total. The largest absolute Gasteiger partial charge is 0.345 e. The van der Waals surface area contributed by atoms with Gasteiger partial charge in [0, 0.05) is 117 Å². The standard InChI is InChI=1S/C39H28N2.2C33H26N2/c1-40(28-21-23-31(24-22-28)41(29-13-4-2-5-14-29)30-15-6-3-7-16-30)37-26-25-35-33-18-9-12-27-11-8-17-32(38(27)33)34-19-10-20-36(37)39(34)35;1-34(33-24-25-12-8-9-17-30(25)31-18-10-11-19-32(31)33)26-20-22-29(23-21-26)35(27-13-4-2-5-14-27)28-15-6-3-7-16-28;1-34(33-17-16-27-22-25-10-8-9-11-26(25)23-28(27)24-33)29-18-20-32(21-19-29)35(30-12-4-2-5-13-30)31-14-6-3-7-15-31/h2-26H,1H3;2*2-24H,1H3. The van der Waals surface area contributed by atoms with E-state index < -0.39 is 0 Å². The van der Waals surface area contributed by atoms with Gasteiger partial charge in [-0.15, -0.1) is 0 Å². The third kappa shape index (κ3) is 13.5. The zero-order valence-corrected chi connectivity index (χ0v) is 62.2. The maximum Gasteiger partial charge on any atom is 0.0494 e. The second kappa shape index (κ2) is 30.4. The van der Waals surface area contributed by atoms with Crippen molar-refractivity contribution < 1.29 is 0 Å². The lowest BCUT2D eigenvalue weighted by Gasteiger charge is -2.27. The monoisotopic (exact) mass is 1420 g/mol. The number of hydrogen-bond acceptors (Lipinski definition) is 6. The normalized spacial score (nSPS) is 11.2. The summed E-state index contributed by atoms with van der Waals surface area (Å²) >= 11 is 0. The van der Waals surface area contributed by atoms with E-state index in [4.69, 9.17) is 0 Å². The predicted molar refractivity (Wildman–Crippen MR) is 478 cm³/mol. The van der Waals surface area contributed by atoms with Gasteiger partial charge >= 0.3 is 0 Å². The molecule has 0 aliphatic rings. The molecule has 0 heterocycles. The fraction of sp³-hybridized carbons (Fsp3) is 0.0286. The molecule has 0 radical (unpaired) electrons. The Labute approximate surface area is 648 Å². The average molecular weight is 1430 g/mol. The maximum atomic E-state index is 2.31. The summed E-state index contributed by atoms with van der Waals surface area (Å²) in [7, 11) is 6.45. The molecule has 0 aliphatic carbocycles. The van der Waals surface area contributed by atoms with Gasteiger partial charge in [-0.05, 0) is 257 Å². The van der Waals surface area contributed by atoms with Gasteiger partial charge in [-0.1, -0.05) is 249 Å².